The maximum Gasteiger partial charge on any atom is 0.258 e. The largest absolute Gasteiger partial charge is 0.482 e. The monoisotopic (exact) mass is 378 g/mol. The lowest BCUT2D eigenvalue weighted by atomic mass is 10.1. The number of hydrogen-bond donors (Lipinski definition) is 1. The molecule has 0 spiro atoms. The van der Waals surface area contributed by atoms with E-state index in [0.29, 0.717) is 17.3 Å². The van der Waals surface area contributed by atoms with Crippen molar-refractivity contribution in [1.29, 1.82) is 0 Å². The second-order valence-electron chi connectivity index (χ2n) is 6.15. The van der Waals surface area contributed by atoms with Crippen LogP contribution in [0.5, 0.6) is 5.75 Å². The Morgan fingerprint density at radius 3 is 2.72 bits per heavy atom. The number of benzene rings is 1. The molecule has 1 saturated heterocycles. The number of ether oxygens (including phenoxy) is 1. The zero-order valence-electron chi connectivity index (χ0n) is 14.1. The molecule has 1 amide bonds. The Bertz CT molecular complexity index is 672. The summed E-state index contributed by atoms with van der Waals surface area (Å²) in [5.74, 6) is 0.406. The van der Waals surface area contributed by atoms with E-state index in [1.165, 1.54) is 24.1 Å². The summed E-state index contributed by atoms with van der Waals surface area (Å²) in [6, 6.07) is 11.6. The highest BCUT2D eigenvalue weighted by molar-refractivity contribution is 7.10. The van der Waals surface area contributed by atoms with Crippen molar-refractivity contribution in [3.63, 3.8) is 0 Å². The number of carbonyl (C=O) groups excluding carboxylic acids is 1. The van der Waals surface area contributed by atoms with E-state index in [4.69, 9.17) is 16.3 Å². The van der Waals surface area contributed by atoms with Gasteiger partial charge in [-0.15, -0.1) is 11.3 Å². The number of halogens is 1. The maximum atomic E-state index is 12.2. The summed E-state index contributed by atoms with van der Waals surface area (Å²) in [4.78, 5) is 16.0. The van der Waals surface area contributed by atoms with Crippen LogP contribution in [0.4, 0.5) is 0 Å². The summed E-state index contributed by atoms with van der Waals surface area (Å²) in [5, 5.41) is 5.62. The second kappa shape index (κ2) is 9.22. The number of thiophene rings is 1. The van der Waals surface area contributed by atoms with E-state index in [0.717, 1.165) is 13.1 Å². The number of carbonyl (C=O) groups is 1. The molecule has 1 atom stereocenters. The van der Waals surface area contributed by atoms with Crippen molar-refractivity contribution in [2.24, 2.45) is 0 Å². The third-order valence-electron chi connectivity index (χ3n) is 4.39. The van der Waals surface area contributed by atoms with Gasteiger partial charge >= 0.3 is 0 Å². The van der Waals surface area contributed by atoms with Crippen molar-refractivity contribution in [2.75, 3.05) is 26.2 Å². The van der Waals surface area contributed by atoms with E-state index in [1.54, 1.807) is 23.5 Å². The number of likely N-dealkylation sites (tertiary alicyclic amines) is 1. The molecular weight excluding hydrogens is 356 g/mol. The Morgan fingerprint density at radius 1 is 1.20 bits per heavy atom. The molecule has 134 valence electrons. The van der Waals surface area contributed by atoms with E-state index in [-0.39, 0.29) is 18.6 Å². The van der Waals surface area contributed by atoms with Gasteiger partial charge in [0.15, 0.2) is 6.61 Å². The zero-order chi connectivity index (χ0) is 17.5. The Kier molecular flexibility index (Phi) is 6.73. The second-order valence-corrected chi connectivity index (χ2v) is 7.54. The Balaban J connectivity index is 1.53. The number of piperidine rings is 1. The lowest BCUT2D eigenvalue weighted by molar-refractivity contribution is -0.123. The average Bonchev–Trinajstić information content (AvgIpc) is 3.16. The number of amides is 1. The van der Waals surface area contributed by atoms with E-state index in [2.05, 4.69) is 27.7 Å². The lowest BCUT2D eigenvalue weighted by Crippen LogP contribution is -2.41. The van der Waals surface area contributed by atoms with Gasteiger partial charge < -0.3 is 10.1 Å². The molecule has 1 N–H and O–H groups in total. The highest BCUT2D eigenvalue weighted by Crippen LogP contribution is 2.27. The van der Waals surface area contributed by atoms with Crippen molar-refractivity contribution in [1.82, 2.24) is 10.2 Å². The number of nitrogens with zero attached hydrogens (tertiary/aromatic N) is 1. The normalized spacial score (nSPS) is 16.4. The number of para-hydroxylation sites is 1. The van der Waals surface area contributed by atoms with Crippen LogP contribution in [0.15, 0.2) is 41.8 Å². The molecule has 2 heterocycles. The first kappa shape index (κ1) is 18.2. The first-order valence-electron chi connectivity index (χ1n) is 8.65. The molecular formula is C19H23ClN2O2S. The summed E-state index contributed by atoms with van der Waals surface area (Å²) in [5.41, 5.74) is 0. The average molecular weight is 379 g/mol. The third-order valence-corrected chi connectivity index (χ3v) is 5.68. The molecule has 1 aliphatic rings. The molecule has 0 radical (unpaired) electrons. The first-order chi connectivity index (χ1) is 12.2. The topological polar surface area (TPSA) is 41.6 Å². The van der Waals surface area contributed by atoms with Crippen LogP contribution in [0.25, 0.3) is 0 Å². The Labute approximate surface area is 157 Å². The molecule has 1 aromatic carbocycles. The molecule has 1 aliphatic heterocycles. The van der Waals surface area contributed by atoms with Crippen molar-refractivity contribution in [3.8, 4) is 5.75 Å². The maximum absolute atomic E-state index is 12.2. The number of nitrogens with one attached hydrogen (secondary N) is 1. The van der Waals surface area contributed by atoms with Gasteiger partial charge in [0.05, 0.1) is 11.1 Å². The van der Waals surface area contributed by atoms with Crippen LogP contribution < -0.4 is 10.1 Å². The highest BCUT2D eigenvalue weighted by Gasteiger charge is 2.23. The smallest absolute Gasteiger partial charge is 0.258 e. The molecule has 0 bridgehead atoms. The van der Waals surface area contributed by atoms with Gasteiger partial charge in [-0.1, -0.05) is 36.2 Å². The van der Waals surface area contributed by atoms with Crippen molar-refractivity contribution < 1.29 is 9.53 Å². The number of rotatable bonds is 7. The van der Waals surface area contributed by atoms with Crippen LogP contribution in [0, 0.1) is 0 Å². The van der Waals surface area contributed by atoms with Crippen LogP contribution in [0.3, 0.4) is 0 Å². The van der Waals surface area contributed by atoms with Gasteiger partial charge in [-0.2, -0.15) is 0 Å². The van der Waals surface area contributed by atoms with Crippen LogP contribution >= 0.6 is 22.9 Å². The molecule has 0 unspecified atom stereocenters. The molecule has 1 aromatic heterocycles. The minimum atomic E-state index is -0.126. The molecule has 4 nitrogen and oxygen atoms in total. The fraction of sp³-hybridized carbons (Fsp3) is 0.421. The first-order valence-corrected chi connectivity index (χ1v) is 9.91. The molecule has 2 aromatic rings. The van der Waals surface area contributed by atoms with E-state index >= 15 is 0 Å². The predicted octanol–water partition coefficient (Wildman–Crippen LogP) is 4.12. The van der Waals surface area contributed by atoms with Gasteiger partial charge in [-0.3, -0.25) is 9.69 Å². The van der Waals surface area contributed by atoms with E-state index < -0.39 is 0 Å². The highest BCUT2D eigenvalue weighted by atomic mass is 35.5. The van der Waals surface area contributed by atoms with Crippen LogP contribution in [0.2, 0.25) is 5.02 Å². The molecule has 25 heavy (non-hydrogen) atoms. The SMILES string of the molecule is O=C(COc1ccccc1Cl)NC[C@H](c1cccs1)N1CCCCC1. The lowest BCUT2D eigenvalue weighted by Gasteiger charge is -2.34. The van der Waals surface area contributed by atoms with Crippen LogP contribution in [-0.4, -0.2) is 37.0 Å². The molecule has 0 saturated carbocycles. The van der Waals surface area contributed by atoms with E-state index in [1.807, 2.05) is 12.1 Å². The van der Waals surface area contributed by atoms with Crippen molar-refractivity contribution in [3.05, 3.63) is 51.7 Å². The Morgan fingerprint density at radius 2 is 2.00 bits per heavy atom. The minimum absolute atomic E-state index is 0.0269. The quantitative estimate of drug-likeness (QED) is 0.787. The third kappa shape index (κ3) is 5.21. The summed E-state index contributed by atoms with van der Waals surface area (Å²) < 4.78 is 5.51. The summed E-state index contributed by atoms with van der Waals surface area (Å²) in [7, 11) is 0. The van der Waals surface area contributed by atoms with Gasteiger partial charge in [0, 0.05) is 11.4 Å². The van der Waals surface area contributed by atoms with Crippen molar-refractivity contribution in [2.45, 2.75) is 25.3 Å². The predicted molar refractivity (Wildman–Crippen MR) is 102 cm³/mol. The number of hydrogen-bond acceptors (Lipinski definition) is 4. The molecule has 6 heteroatoms. The molecule has 1 fully saturated rings. The summed E-state index contributed by atoms with van der Waals surface area (Å²) in [6.07, 6.45) is 3.75. The Hall–Kier alpha value is -1.56. The fourth-order valence-electron chi connectivity index (χ4n) is 3.09. The van der Waals surface area contributed by atoms with Gasteiger partial charge in [0.1, 0.15) is 5.75 Å². The van der Waals surface area contributed by atoms with Crippen LogP contribution in [0.1, 0.15) is 30.2 Å². The summed E-state index contributed by atoms with van der Waals surface area (Å²) >= 11 is 7.79. The van der Waals surface area contributed by atoms with Gasteiger partial charge in [-0.05, 0) is 49.5 Å². The zero-order valence-corrected chi connectivity index (χ0v) is 15.7. The standard InChI is InChI=1S/C19H23ClN2O2S/c20-15-7-2-3-8-17(15)24-14-19(23)21-13-16(18-9-6-12-25-18)22-10-4-1-5-11-22/h2-3,6-9,12,16H,1,4-5,10-11,13-14H2,(H,21,23)/t16-/m1/s1. The van der Waals surface area contributed by atoms with E-state index in [9.17, 15) is 4.79 Å². The molecule has 0 aliphatic carbocycles. The van der Waals surface area contributed by atoms with Gasteiger partial charge in [0.2, 0.25) is 0 Å². The van der Waals surface area contributed by atoms with Gasteiger partial charge in [0.25, 0.3) is 5.91 Å². The van der Waals surface area contributed by atoms with Crippen LogP contribution in [-0.2, 0) is 4.79 Å². The van der Waals surface area contributed by atoms with Crippen molar-refractivity contribution >= 4 is 28.8 Å². The fourth-order valence-corrected chi connectivity index (χ4v) is 4.14. The summed E-state index contributed by atoms with van der Waals surface area (Å²) in [6.45, 7) is 2.76. The minimum Gasteiger partial charge on any atom is -0.482 e. The molecule has 3 rings (SSSR count). The van der Waals surface area contributed by atoms with Gasteiger partial charge in [-0.25, -0.2) is 0 Å².